The molecule has 0 radical (unpaired) electrons. The van der Waals surface area contributed by atoms with Crippen molar-refractivity contribution in [3.05, 3.63) is 21.9 Å². The second-order valence-corrected chi connectivity index (χ2v) is 7.07. The molecule has 0 saturated carbocycles. The molecule has 2 unspecified atom stereocenters. The molecule has 1 aromatic heterocycles. The number of hydrogen-bond acceptors (Lipinski definition) is 3. The van der Waals surface area contributed by atoms with E-state index in [4.69, 9.17) is 0 Å². The molecule has 2 amide bonds. The summed E-state index contributed by atoms with van der Waals surface area (Å²) in [5.74, 6) is 0.241. The van der Waals surface area contributed by atoms with E-state index >= 15 is 0 Å². The van der Waals surface area contributed by atoms with E-state index in [0.29, 0.717) is 6.54 Å². The molecular weight excluding hydrogens is 272 g/mol. The zero-order valence-electron chi connectivity index (χ0n) is 12.0. The molecule has 2 atom stereocenters. The van der Waals surface area contributed by atoms with E-state index < -0.39 is 0 Å². The van der Waals surface area contributed by atoms with Gasteiger partial charge in [0.15, 0.2) is 0 Å². The van der Waals surface area contributed by atoms with Crippen molar-refractivity contribution in [2.45, 2.75) is 51.7 Å². The zero-order valence-corrected chi connectivity index (χ0v) is 12.8. The molecule has 4 nitrogen and oxygen atoms in total. The molecule has 2 fully saturated rings. The highest BCUT2D eigenvalue weighted by Crippen LogP contribution is 2.28. The average Bonchev–Trinajstić information content (AvgIpc) is 2.86. The van der Waals surface area contributed by atoms with Gasteiger partial charge in [-0.25, -0.2) is 0 Å². The van der Waals surface area contributed by atoms with Crippen molar-refractivity contribution in [1.82, 2.24) is 9.80 Å². The van der Waals surface area contributed by atoms with Crippen LogP contribution in [0.1, 0.15) is 35.9 Å². The normalized spacial score (nSPS) is 26.9. The van der Waals surface area contributed by atoms with Crippen LogP contribution in [0.5, 0.6) is 0 Å². The van der Waals surface area contributed by atoms with E-state index in [9.17, 15) is 9.59 Å². The molecular formula is C15H20N2O2S. The van der Waals surface area contributed by atoms with E-state index in [0.717, 1.165) is 30.7 Å². The Morgan fingerprint density at radius 1 is 1.25 bits per heavy atom. The van der Waals surface area contributed by atoms with Gasteiger partial charge >= 0.3 is 0 Å². The first-order chi connectivity index (χ1) is 9.58. The molecule has 2 saturated heterocycles. The standard InChI is InChI=1S/C15H20N2O2S/c1-10-6-7-12(20-10)9-17-11(2)14(18)16-8-4-3-5-13(16)15(17)19/h6-7,11,13H,3-5,8-9H2,1-2H3. The quantitative estimate of drug-likeness (QED) is 0.838. The van der Waals surface area contributed by atoms with Crippen LogP contribution in [0.4, 0.5) is 0 Å². The molecule has 3 rings (SSSR count). The fourth-order valence-electron chi connectivity index (χ4n) is 3.16. The van der Waals surface area contributed by atoms with E-state index in [2.05, 4.69) is 19.1 Å². The predicted octanol–water partition coefficient (Wildman–Crippen LogP) is 2.17. The highest BCUT2D eigenvalue weighted by Gasteiger charge is 2.44. The Labute approximate surface area is 123 Å². The molecule has 0 aliphatic carbocycles. The summed E-state index contributed by atoms with van der Waals surface area (Å²) in [5, 5.41) is 0. The first kappa shape index (κ1) is 13.6. The van der Waals surface area contributed by atoms with Crippen LogP contribution < -0.4 is 0 Å². The molecule has 1 aromatic rings. The summed E-state index contributed by atoms with van der Waals surface area (Å²) >= 11 is 1.70. The van der Waals surface area contributed by atoms with Gasteiger partial charge in [-0.3, -0.25) is 9.59 Å². The van der Waals surface area contributed by atoms with Crippen LogP contribution in [0.2, 0.25) is 0 Å². The van der Waals surface area contributed by atoms with Crippen molar-refractivity contribution in [2.24, 2.45) is 0 Å². The Morgan fingerprint density at radius 2 is 2.05 bits per heavy atom. The summed E-state index contributed by atoms with van der Waals surface area (Å²) in [5.41, 5.74) is 0. The zero-order chi connectivity index (χ0) is 14.3. The van der Waals surface area contributed by atoms with Gasteiger partial charge in [0, 0.05) is 16.3 Å². The smallest absolute Gasteiger partial charge is 0.246 e. The minimum Gasteiger partial charge on any atom is -0.329 e. The molecule has 0 spiro atoms. The molecule has 2 aliphatic heterocycles. The lowest BCUT2D eigenvalue weighted by Gasteiger charge is -2.45. The van der Waals surface area contributed by atoms with Crippen LogP contribution in [-0.2, 0) is 16.1 Å². The number of aryl methyl sites for hydroxylation is 1. The van der Waals surface area contributed by atoms with E-state index in [1.54, 1.807) is 21.1 Å². The highest BCUT2D eigenvalue weighted by atomic mass is 32.1. The summed E-state index contributed by atoms with van der Waals surface area (Å²) in [7, 11) is 0. The first-order valence-electron chi connectivity index (χ1n) is 7.24. The molecule has 108 valence electrons. The van der Waals surface area contributed by atoms with Crippen molar-refractivity contribution in [3.8, 4) is 0 Å². The number of carbonyl (C=O) groups excluding carboxylic acids is 2. The number of nitrogens with zero attached hydrogens (tertiary/aromatic N) is 2. The first-order valence-corrected chi connectivity index (χ1v) is 8.06. The van der Waals surface area contributed by atoms with E-state index in [1.165, 1.54) is 4.88 Å². The van der Waals surface area contributed by atoms with Gasteiger partial charge in [-0.05, 0) is 45.2 Å². The molecule has 0 bridgehead atoms. The largest absolute Gasteiger partial charge is 0.329 e. The Balaban J connectivity index is 1.83. The highest BCUT2D eigenvalue weighted by molar-refractivity contribution is 7.11. The third-order valence-corrected chi connectivity index (χ3v) is 5.29. The van der Waals surface area contributed by atoms with Gasteiger partial charge in [-0.2, -0.15) is 0 Å². The maximum absolute atomic E-state index is 12.7. The lowest BCUT2D eigenvalue weighted by atomic mass is 9.96. The molecule has 0 aromatic carbocycles. The minimum absolute atomic E-state index is 0.113. The van der Waals surface area contributed by atoms with Gasteiger partial charge in [-0.1, -0.05) is 0 Å². The van der Waals surface area contributed by atoms with Crippen molar-refractivity contribution in [1.29, 1.82) is 0 Å². The lowest BCUT2D eigenvalue weighted by molar-refractivity contribution is -0.163. The summed E-state index contributed by atoms with van der Waals surface area (Å²) in [6.45, 7) is 5.22. The number of amides is 2. The summed E-state index contributed by atoms with van der Waals surface area (Å²) in [4.78, 5) is 31.1. The SMILES string of the molecule is Cc1ccc(CN2C(=O)C3CCCCN3C(=O)C2C)s1. The maximum atomic E-state index is 12.7. The Hall–Kier alpha value is -1.36. The fraction of sp³-hybridized carbons (Fsp3) is 0.600. The van der Waals surface area contributed by atoms with Gasteiger partial charge in [0.25, 0.3) is 0 Å². The fourth-order valence-corrected chi connectivity index (χ4v) is 4.05. The van der Waals surface area contributed by atoms with Crippen molar-refractivity contribution >= 4 is 23.2 Å². The minimum atomic E-state index is -0.334. The van der Waals surface area contributed by atoms with E-state index in [1.807, 2.05) is 6.92 Å². The maximum Gasteiger partial charge on any atom is 0.246 e. The Kier molecular flexibility index (Phi) is 3.54. The summed E-state index contributed by atoms with van der Waals surface area (Å²) in [6, 6.07) is 3.57. The number of piperidine rings is 1. The number of rotatable bonds is 2. The number of thiophene rings is 1. The van der Waals surface area contributed by atoms with E-state index in [-0.39, 0.29) is 23.9 Å². The predicted molar refractivity (Wildman–Crippen MR) is 78.4 cm³/mol. The van der Waals surface area contributed by atoms with Crippen molar-refractivity contribution < 1.29 is 9.59 Å². The van der Waals surface area contributed by atoms with Gasteiger partial charge in [0.2, 0.25) is 11.8 Å². The third kappa shape index (κ3) is 2.24. The Morgan fingerprint density at radius 3 is 2.75 bits per heavy atom. The molecule has 20 heavy (non-hydrogen) atoms. The van der Waals surface area contributed by atoms with Gasteiger partial charge in [0.1, 0.15) is 12.1 Å². The van der Waals surface area contributed by atoms with Crippen LogP contribution in [0.15, 0.2) is 12.1 Å². The molecule has 0 N–H and O–H groups in total. The number of fused-ring (bicyclic) bond motifs is 1. The molecule has 5 heteroatoms. The number of carbonyl (C=O) groups is 2. The van der Waals surface area contributed by atoms with Crippen LogP contribution in [0.25, 0.3) is 0 Å². The van der Waals surface area contributed by atoms with Crippen LogP contribution in [0.3, 0.4) is 0 Å². The number of piperazine rings is 1. The van der Waals surface area contributed by atoms with Gasteiger partial charge < -0.3 is 9.80 Å². The van der Waals surface area contributed by atoms with Gasteiger partial charge in [-0.15, -0.1) is 11.3 Å². The summed E-state index contributed by atoms with van der Waals surface area (Å²) in [6.07, 6.45) is 2.88. The summed E-state index contributed by atoms with van der Waals surface area (Å²) < 4.78 is 0. The van der Waals surface area contributed by atoms with Crippen LogP contribution >= 0.6 is 11.3 Å². The average molecular weight is 292 g/mol. The van der Waals surface area contributed by atoms with Crippen molar-refractivity contribution in [2.75, 3.05) is 6.54 Å². The van der Waals surface area contributed by atoms with Gasteiger partial charge in [0.05, 0.1) is 6.54 Å². The Bertz CT molecular complexity index is 540. The monoisotopic (exact) mass is 292 g/mol. The van der Waals surface area contributed by atoms with Crippen molar-refractivity contribution in [3.63, 3.8) is 0 Å². The topological polar surface area (TPSA) is 40.6 Å². The molecule has 3 heterocycles. The lowest BCUT2D eigenvalue weighted by Crippen LogP contribution is -2.64. The third-order valence-electron chi connectivity index (χ3n) is 4.30. The van der Waals surface area contributed by atoms with Crippen LogP contribution in [0, 0.1) is 6.92 Å². The molecule has 2 aliphatic rings. The second-order valence-electron chi connectivity index (χ2n) is 5.70. The number of hydrogen-bond donors (Lipinski definition) is 0. The van der Waals surface area contributed by atoms with Crippen LogP contribution in [-0.4, -0.2) is 40.2 Å². The second kappa shape index (κ2) is 5.20.